The lowest BCUT2D eigenvalue weighted by molar-refractivity contribution is 0.128. The Labute approximate surface area is 190 Å². The molecule has 0 spiro atoms. The van der Waals surface area contributed by atoms with Crippen LogP contribution in [0.25, 0.3) is 0 Å². The van der Waals surface area contributed by atoms with E-state index in [0.717, 1.165) is 13.2 Å². The molecule has 0 bridgehead atoms. The van der Waals surface area contributed by atoms with Crippen molar-refractivity contribution < 1.29 is 4.74 Å². The Bertz CT molecular complexity index is 303. The zero-order valence-corrected chi connectivity index (χ0v) is 20.4. The van der Waals surface area contributed by atoms with Crippen LogP contribution in [0.1, 0.15) is 148 Å². The van der Waals surface area contributed by atoms with Gasteiger partial charge >= 0.3 is 0 Å². The van der Waals surface area contributed by atoms with Gasteiger partial charge in [-0.2, -0.15) is 0 Å². The van der Waals surface area contributed by atoms with E-state index in [2.05, 4.69) is 24.3 Å². The molecule has 0 unspecified atom stereocenters. The van der Waals surface area contributed by atoms with Crippen molar-refractivity contribution in [1.82, 2.24) is 0 Å². The molecule has 0 saturated carbocycles. The molecular formula is C29H54O. The Hall–Kier alpha value is -0.560. The predicted molar refractivity (Wildman–Crippen MR) is 135 cm³/mol. The highest BCUT2D eigenvalue weighted by Crippen LogP contribution is 2.13. The van der Waals surface area contributed by atoms with E-state index in [9.17, 15) is 0 Å². The first-order chi connectivity index (χ1) is 15.0. The lowest BCUT2D eigenvalue weighted by Crippen LogP contribution is -1.96. The Kier molecular flexibility index (Phi) is 22.6. The van der Waals surface area contributed by atoms with Crippen LogP contribution in [-0.4, -0.2) is 13.2 Å². The van der Waals surface area contributed by atoms with Crippen LogP contribution in [0.15, 0.2) is 24.3 Å². The molecule has 0 radical (unpaired) electrons. The van der Waals surface area contributed by atoms with Crippen LogP contribution in [0.5, 0.6) is 0 Å². The molecule has 30 heavy (non-hydrogen) atoms. The third-order valence-electron chi connectivity index (χ3n) is 6.39. The number of hydrogen-bond donors (Lipinski definition) is 0. The highest BCUT2D eigenvalue weighted by molar-refractivity contribution is 4.82. The molecule has 0 fully saturated rings. The van der Waals surface area contributed by atoms with Gasteiger partial charge in [-0.05, 0) is 57.8 Å². The van der Waals surface area contributed by atoms with Gasteiger partial charge in [0.15, 0.2) is 0 Å². The first-order valence-corrected chi connectivity index (χ1v) is 13.9. The number of rotatable bonds is 0. The van der Waals surface area contributed by atoms with E-state index in [1.807, 2.05) is 0 Å². The maximum atomic E-state index is 5.79. The molecule has 0 saturated heterocycles. The van der Waals surface area contributed by atoms with Gasteiger partial charge in [0.05, 0.1) is 0 Å². The van der Waals surface area contributed by atoms with Crippen molar-refractivity contribution in [2.45, 2.75) is 148 Å². The van der Waals surface area contributed by atoms with Crippen LogP contribution in [0.3, 0.4) is 0 Å². The Morgan fingerprint density at radius 1 is 0.267 bits per heavy atom. The molecule has 176 valence electrons. The minimum Gasteiger partial charge on any atom is -0.381 e. The smallest absolute Gasteiger partial charge is 0.0468 e. The van der Waals surface area contributed by atoms with Crippen LogP contribution >= 0.6 is 0 Å². The zero-order chi connectivity index (χ0) is 21.2. The summed E-state index contributed by atoms with van der Waals surface area (Å²) in [4.78, 5) is 0. The second-order valence-electron chi connectivity index (χ2n) is 9.43. The van der Waals surface area contributed by atoms with E-state index in [1.54, 1.807) is 0 Å². The Morgan fingerprint density at radius 3 is 0.933 bits per heavy atom. The Balaban J connectivity index is 2.07. The molecule has 1 heteroatoms. The number of allylic oxidation sites excluding steroid dienone is 4. The van der Waals surface area contributed by atoms with Crippen molar-refractivity contribution in [3.63, 3.8) is 0 Å². The minimum atomic E-state index is 0.942. The summed E-state index contributed by atoms with van der Waals surface area (Å²) >= 11 is 0. The van der Waals surface area contributed by atoms with Gasteiger partial charge in [-0.1, -0.05) is 114 Å². The molecule has 0 aromatic carbocycles. The van der Waals surface area contributed by atoms with Crippen LogP contribution in [0.2, 0.25) is 0 Å². The number of ether oxygens (including phenoxy) is 1. The van der Waals surface area contributed by atoms with Crippen molar-refractivity contribution in [3.05, 3.63) is 24.3 Å². The molecule has 1 heterocycles. The molecule has 0 N–H and O–H groups in total. The molecular weight excluding hydrogens is 364 g/mol. The molecule has 0 aromatic rings. The fourth-order valence-corrected chi connectivity index (χ4v) is 4.34. The fourth-order valence-electron chi connectivity index (χ4n) is 4.34. The van der Waals surface area contributed by atoms with Gasteiger partial charge in [-0.25, -0.2) is 0 Å². The van der Waals surface area contributed by atoms with Gasteiger partial charge in [0, 0.05) is 13.2 Å². The monoisotopic (exact) mass is 418 g/mol. The van der Waals surface area contributed by atoms with Crippen molar-refractivity contribution in [1.29, 1.82) is 0 Å². The van der Waals surface area contributed by atoms with Gasteiger partial charge in [-0.15, -0.1) is 0 Å². The van der Waals surface area contributed by atoms with Crippen molar-refractivity contribution in [2.75, 3.05) is 13.2 Å². The first-order valence-electron chi connectivity index (χ1n) is 13.9. The second-order valence-corrected chi connectivity index (χ2v) is 9.43. The molecule has 1 rings (SSSR count). The summed E-state index contributed by atoms with van der Waals surface area (Å²) in [7, 11) is 0. The van der Waals surface area contributed by atoms with E-state index < -0.39 is 0 Å². The van der Waals surface area contributed by atoms with E-state index in [0.29, 0.717) is 0 Å². The van der Waals surface area contributed by atoms with Crippen molar-refractivity contribution in [2.24, 2.45) is 0 Å². The van der Waals surface area contributed by atoms with E-state index >= 15 is 0 Å². The summed E-state index contributed by atoms with van der Waals surface area (Å²) in [6.07, 6.45) is 41.3. The van der Waals surface area contributed by atoms with Crippen LogP contribution in [-0.2, 0) is 4.74 Å². The second kappa shape index (κ2) is 24.7. The standard InChI is InChI=1S/C29H54O/c1-2-4-6-8-10-12-14-16-18-20-22-24-26-28-30-29-27-25-23-21-19-17-15-13-11-9-7-5-3-1/h8,10,21,23H,1-7,9,11-20,22,24-29H2. The summed E-state index contributed by atoms with van der Waals surface area (Å²) in [5.41, 5.74) is 0. The van der Waals surface area contributed by atoms with E-state index in [-0.39, 0.29) is 0 Å². The van der Waals surface area contributed by atoms with Crippen molar-refractivity contribution >= 4 is 0 Å². The topological polar surface area (TPSA) is 9.23 Å². The third-order valence-corrected chi connectivity index (χ3v) is 6.39. The van der Waals surface area contributed by atoms with Gasteiger partial charge in [0.25, 0.3) is 0 Å². The molecule has 0 aromatic heterocycles. The van der Waals surface area contributed by atoms with Gasteiger partial charge in [0.2, 0.25) is 0 Å². The SMILES string of the molecule is C1=CCCCCCCCCCOCCCC=CCCCCCCCCCCCCC1. The van der Waals surface area contributed by atoms with Gasteiger partial charge in [0.1, 0.15) is 0 Å². The third kappa shape index (κ3) is 22.1. The highest BCUT2D eigenvalue weighted by Gasteiger charge is 1.95. The molecule has 1 aliphatic rings. The molecule has 1 nitrogen and oxygen atoms in total. The summed E-state index contributed by atoms with van der Waals surface area (Å²) in [6.45, 7) is 1.91. The minimum absolute atomic E-state index is 0.942. The number of hydrogen-bond acceptors (Lipinski definition) is 1. The van der Waals surface area contributed by atoms with E-state index in [4.69, 9.17) is 4.74 Å². The zero-order valence-electron chi connectivity index (χ0n) is 20.4. The first kappa shape index (κ1) is 27.5. The highest BCUT2D eigenvalue weighted by atomic mass is 16.5. The maximum Gasteiger partial charge on any atom is 0.0468 e. The Morgan fingerprint density at radius 2 is 0.533 bits per heavy atom. The average molecular weight is 419 g/mol. The van der Waals surface area contributed by atoms with Gasteiger partial charge < -0.3 is 4.74 Å². The largest absolute Gasteiger partial charge is 0.381 e. The summed E-state index contributed by atoms with van der Waals surface area (Å²) in [6, 6.07) is 0. The predicted octanol–water partition coefficient (Wildman–Crippen LogP) is 10.1. The lowest BCUT2D eigenvalue weighted by atomic mass is 10.0. The van der Waals surface area contributed by atoms with E-state index in [1.165, 1.54) is 148 Å². The molecule has 0 aliphatic carbocycles. The van der Waals surface area contributed by atoms with Crippen LogP contribution < -0.4 is 0 Å². The van der Waals surface area contributed by atoms with Crippen LogP contribution in [0.4, 0.5) is 0 Å². The van der Waals surface area contributed by atoms with Crippen LogP contribution in [0, 0.1) is 0 Å². The van der Waals surface area contributed by atoms with Crippen molar-refractivity contribution in [3.8, 4) is 0 Å². The maximum absolute atomic E-state index is 5.79. The van der Waals surface area contributed by atoms with Gasteiger partial charge in [-0.3, -0.25) is 0 Å². The normalized spacial score (nSPS) is 22.9. The molecule has 0 amide bonds. The summed E-state index contributed by atoms with van der Waals surface area (Å²) in [5, 5.41) is 0. The average Bonchev–Trinajstić information content (AvgIpc) is 2.76. The summed E-state index contributed by atoms with van der Waals surface area (Å²) in [5.74, 6) is 0. The molecule has 0 atom stereocenters. The lowest BCUT2D eigenvalue weighted by Gasteiger charge is -2.04. The quantitative estimate of drug-likeness (QED) is 0.355. The fraction of sp³-hybridized carbons (Fsp3) is 0.862. The molecule has 1 aliphatic heterocycles. The summed E-state index contributed by atoms with van der Waals surface area (Å²) < 4.78 is 5.79.